The fraction of sp³-hybridized carbons (Fsp3) is 0.881. The molecule has 0 saturated heterocycles. The van der Waals surface area contributed by atoms with E-state index in [1.54, 1.807) is 0 Å². The molecule has 0 aromatic rings. The number of phosphoric ester groups is 1. The van der Waals surface area contributed by atoms with Crippen LogP contribution in [0.3, 0.4) is 0 Å². The molecule has 554 valence electrons. The van der Waals surface area contributed by atoms with Gasteiger partial charge in [0.2, 0.25) is 0 Å². The predicted molar refractivity (Wildman–Crippen MR) is 407 cm³/mol. The number of rotatable bonds is 78. The molecule has 0 aliphatic rings. The SMILES string of the molecule is CC/C=C\C/C=C\C/C=C\C/C=C\CCCCCCCCCCCCCCCCCCCCCCC(=O)OC(COC(=O)CCCCCCCCCCCCCCCCCCCCCCCCCCCCCCCCCCCCCCC)COP(=O)([O-])OCC[N+](C)(C)C. The van der Waals surface area contributed by atoms with Crippen molar-refractivity contribution in [3.8, 4) is 0 Å². The summed E-state index contributed by atoms with van der Waals surface area (Å²) in [4.78, 5) is 38.2. The maximum absolute atomic E-state index is 12.9. The number of hydrogen-bond acceptors (Lipinski definition) is 8. The van der Waals surface area contributed by atoms with Crippen LogP contribution in [0.2, 0.25) is 0 Å². The Morgan fingerprint density at radius 3 is 0.904 bits per heavy atom. The summed E-state index contributed by atoms with van der Waals surface area (Å²) in [7, 11) is 1.19. The molecule has 0 aliphatic heterocycles. The highest BCUT2D eigenvalue weighted by Crippen LogP contribution is 2.38. The van der Waals surface area contributed by atoms with Crippen LogP contribution in [0.4, 0.5) is 0 Å². The van der Waals surface area contributed by atoms with Crippen LogP contribution in [0.15, 0.2) is 48.6 Å². The Morgan fingerprint density at radius 2 is 0.606 bits per heavy atom. The normalized spacial score (nSPS) is 13.2. The van der Waals surface area contributed by atoms with Gasteiger partial charge < -0.3 is 27.9 Å². The second-order valence-electron chi connectivity index (χ2n) is 29.5. The topological polar surface area (TPSA) is 111 Å². The van der Waals surface area contributed by atoms with Crippen LogP contribution in [-0.4, -0.2) is 70.0 Å². The first kappa shape index (κ1) is 92.0. The zero-order valence-corrected chi connectivity index (χ0v) is 64.3. The molecule has 0 saturated carbocycles. The highest BCUT2D eigenvalue weighted by Gasteiger charge is 2.22. The van der Waals surface area contributed by atoms with Crippen molar-refractivity contribution in [2.45, 2.75) is 431 Å². The average molecular weight is 1340 g/mol. The summed E-state index contributed by atoms with van der Waals surface area (Å²) in [6.45, 7) is 4.21. The van der Waals surface area contributed by atoms with Gasteiger partial charge in [-0.25, -0.2) is 0 Å². The fourth-order valence-electron chi connectivity index (χ4n) is 12.6. The summed E-state index contributed by atoms with van der Waals surface area (Å²) in [6, 6.07) is 0. The van der Waals surface area contributed by atoms with E-state index in [1.807, 2.05) is 21.1 Å². The van der Waals surface area contributed by atoms with Crippen molar-refractivity contribution in [1.82, 2.24) is 0 Å². The van der Waals surface area contributed by atoms with Crippen molar-refractivity contribution in [2.24, 2.45) is 0 Å². The quantitative estimate of drug-likeness (QED) is 0.0195. The Labute approximate surface area is 585 Å². The maximum Gasteiger partial charge on any atom is 0.306 e. The first-order valence-corrected chi connectivity index (χ1v) is 42.8. The largest absolute Gasteiger partial charge is 0.756 e. The standard InChI is InChI=1S/C84H160NO8P/c1-6-8-10-12-14-16-18-20-22-24-26-28-30-32-34-36-38-40-41-42-43-45-46-48-50-52-54-56-58-60-62-64-66-68-70-72-74-76-83(86)90-80-82(81-92-94(88,89)91-79-78-85(3,4)5)93-84(87)77-75-73-71-69-67-65-63-61-59-57-55-53-51-49-47-44-39-37-35-33-31-29-27-25-23-21-19-17-15-13-11-9-7-2/h9,11,15,17,21,23,27,29,82H,6-8,10,12-14,16,18-20,22,24-26,28,30-81H2,1-5H3/b11-9-,17-15-,23-21-,29-27-. The van der Waals surface area contributed by atoms with Gasteiger partial charge in [0.1, 0.15) is 19.8 Å². The Hall–Kier alpha value is -2.03. The average Bonchev–Trinajstić information content (AvgIpc) is 1.56. The summed E-state index contributed by atoms with van der Waals surface area (Å²) in [6.07, 6.45) is 99.7. The van der Waals surface area contributed by atoms with E-state index < -0.39 is 26.5 Å². The van der Waals surface area contributed by atoms with Crippen molar-refractivity contribution in [3.63, 3.8) is 0 Å². The molecule has 0 N–H and O–H groups in total. The Balaban J connectivity index is 3.88. The van der Waals surface area contributed by atoms with Gasteiger partial charge in [-0.3, -0.25) is 14.2 Å². The minimum absolute atomic E-state index is 0.0277. The van der Waals surface area contributed by atoms with E-state index in [-0.39, 0.29) is 32.0 Å². The van der Waals surface area contributed by atoms with E-state index in [0.717, 1.165) is 57.8 Å². The second-order valence-corrected chi connectivity index (χ2v) is 30.9. The third kappa shape index (κ3) is 79.0. The molecule has 10 heteroatoms. The number of carbonyl (C=O) groups excluding carboxylic acids is 2. The van der Waals surface area contributed by atoms with Crippen LogP contribution >= 0.6 is 7.82 Å². The van der Waals surface area contributed by atoms with E-state index in [0.29, 0.717) is 17.4 Å². The second kappa shape index (κ2) is 75.2. The number of nitrogens with zero attached hydrogens (tertiary/aromatic N) is 1. The van der Waals surface area contributed by atoms with Crippen molar-refractivity contribution in [3.05, 3.63) is 48.6 Å². The molecule has 0 radical (unpaired) electrons. The third-order valence-electron chi connectivity index (χ3n) is 18.9. The van der Waals surface area contributed by atoms with Crippen LogP contribution in [-0.2, 0) is 32.7 Å². The molecule has 0 heterocycles. The summed E-state index contributed by atoms with van der Waals surface area (Å²) in [5.41, 5.74) is 0. The van der Waals surface area contributed by atoms with Gasteiger partial charge in [0, 0.05) is 12.8 Å². The van der Waals surface area contributed by atoms with Crippen molar-refractivity contribution in [1.29, 1.82) is 0 Å². The van der Waals surface area contributed by atoms with Crippen LogP contribution in [0.1, 0.15) is 425 Å². The van der Waals surface area contributed by atoms with Crippen LogP contribution in [0.25, 0.3) is 0 Å². The van der Waals surface area contributed by atoms with Crippen molar-refractivity contribution >= 4 is 19.8 Å². The van der Waals surface area contributed by atoms with E-state index in [4.69, 9.17) is 18.5 Å². The lowest BCUT2D eigenvalue weighted by molar-refractivity contribution is -0.870. The molecular formula is C84H160NO8P. The Morgan fingerprint density at radius 1 is 0.340 bits per heavy atom. The smallest absolute Gasteiger partial charge is 0.306 e. The van der Waals surface area contributed by atoms with Gasteiger partial charge in [0.15, 0.2) is 6.10 Å². The Bertz CT molecular complexity index is 1720. The highest BCUT2D eigenvalue weighted by atomic mass is 31.2. The van der Waals surface area contributed by atoms with Gasteiger partial charge in [-0.15, -0.1) is 0 Å². The number of esters is 2. The van der Waals surface area contributed by atoms with Crippen LogP contribution in [0.5, 0.6) is 0 Å². The highest BCUT2D eigenvalue weighted by molar-refractivity contribution is 7.45. The predicted octanol–water partition coefficient (Wildman–Crippen LogP) is 26.9. The zero-order valence-electron chi connectivity index (χ0n) is 63.4. The van der Waals surface area contributed by atoms with Crippen LogP contribution in [0, 0.1) is 0 Å². The molecule has 0 amide bonds. The molecule has 2 unspecified atom stereocenters. The lowest BCUT2D eigenvalue weighted by Gasteiger charge is -2.28. The van der Waals surface area contributed by atoms with Gasteiger partial charge in [0.05, 0.1) is 27.7 Å². The summed E-state index contributed by atoms with van der Waals surface area (Å²) in [5.74, 6) is -0.807. The van der Waals surface area contributed by atoms with Crippen molar-refractivity contribution < 1.29 is 42.1 Å². The molecule has 0 fully saturated rings. The van der Waals surface area contributed by atoms with Gasteiger partial charge >= 0.3 is 11.9 Å². The lowest BCUT2D eigenvalue weighted by atomic mass is 10.0. The monoisotopic (exact) mass is 1340 g/mol. The molecule has 94 heavy (non-hydrogen) atoms. The molecule has 2 atom stereocenters. The molecule has 0 aliphatic carbocycles. The van der Waals surface area contributed by atoms with E-state index in [9.17, 15) is 19.0 Å². The van der Waals surface area contributed by atoms with Crippen LogP contribution < -0.4 is 4.89 Å². The Kier molecular flexibility index (Phi) is 73.6. The van der Waals surface area contributed by atoms with Gasteiger partial charge in [0.25, 0.3) is 7.82 Å². The summed E-state index contributed by atoms with van der Waals surface area (Å²) < 4.78 is 34.4. The fourth-order valence-corrected chi connectivity index (χ4v) is 13.3. The van der Waals surface area contributed by atoms with Gasteiger partial charge in [-0.1, -0.05) is 409 Å². The third-order valence-corrected chi connectivity index (χ3v) is 19.8. The first-order valence-electron chi connectivity index (χ1n) is 41.3. The molecule has 0 rings (SSSR count). The molecule has 0 bridgehead atoms. The molecule has 0 aromatic carbocycles. The lowest BCUT2D eigenvalue weighted by Crippen LogP contribution is -2.37. The van der Waals surface area contributed by atoms with E-state index in [2.05, 4.69) is 62.5 Å². The number of unbranched alkanes of at least 4 members (excludes halogenated alkanes) is 56. The summed E-state index contributed by atoms with van der Waals surface area (Å²) >= 11 is 0. The van der Waals surface area contributed by atoms with E-state index >= 15 is 0 Å². The van der Waals surface area contributed by atoms with Gasteiger partial charge in [-0.2, -0.15) is 0 Å². The number of likely N-dealkylation sites (N-methyl/N-ethyl adjacent to an activating group) is 1. The minimum Gasteiger partial charge on any atom is -0.756 e. The maximum atomic E-state index is 12.9. The number of quaternary nitrogens is 1. The molecule has 0 spiro atoms. The number of phosphoric acid groups is 1. The van der Waals surface area contributed by atoms with Crippen molar-refractivity contribution in [2.75, 3.05) is 47.5 Å². The first-order chi connectivity index (χ1) is 46.0. The number of allylic oxidation sites excluding steroid dienone is 8. The minimum atomic E-state index is -4.64. The number of ether oxygens (including phenoxy) is 2. The van der Waals surface area contributed by atoms with Gasteiger partial charge in [-0.05, 0) is 51.4 Å². The molecule has 9 nitrogen and oxygen atoms in total. The zero-order chi connectivity index (χ0) is 68.3. The summed E-state index contributed by atoms with van der Waals surface area (Å²) in [5, 5.41) is 0. The number of carbonyl (C=O) groups is 2. The molecule has 0 aromatic heterocycles. The molecular weight excluding hydrogens is 1180 g/mol. The van der Waals surface area contributed by atoms with E-state index in [1.165, 1.54) is 334 Å². The number of hydrogen-bond donors (Lipinski definition) is 0.